The van der Waals surface area contributed by atoms with Gasteiger partial charge in [-0.3, -0.25) is 4.90 Å². The molecule has 1 atom stereocenters. The molecule has 1 N–H and O–H groups in total. The molecule has 2 heteroatoms. The van der Waals surface area contributed by atoms with Crippen LogP contribution >= 0.6 is 0 Å². The van der Waals surface area contributed by atoms with Gasteiger partial charge in [-0.2, -0.15) is 0 Å². The minimum atomic E-state index is 0.701. The summed E-state index contributed by atoms with van der Waals surface area (Å²) < 4.78 is 0. The third-order valence-electron chi connectivity index (χ3n) is 4.51. The molecule has 1 rings (SSSR count). The first-order chi connectivity index (χ1) is 9.06. The summed E-state index contributed by atoms with van der Waals surface area (Å²) in [6.45, 7) is 15.2. The van der Waals surface area contributed by atoms with Crippen LogP contribution in [0.1, 0.15) is 66.7 Å². The average Bonchev–Trinajstić information content (AvgIpc) is 2.38. The minimum absolute atomic E-state index is 0.701. The summed E-state index contributed by atoms with van der Waals surface area (Å²) in [5.41, 5.74) is 0. The number of hydrogen-bond donors (Lipinski definition) is 1. The van der Waals surface area contributed by atoms with E-state index in [0.717, 1.165) is 31.0 Å². The lowest BCUT2D eigenvalue weighted by molar-refractivity contribution is 0.0824. The molecule has 1 unspecified atom stereocenters. The van der Waals surface area contributed by atoms with E-state index in [1.165, 1.54) is 38.6 Å². The Labute approximate surface area is 121 Å². The standard InChI is InChI=1S/C17H36N2/c1-6-19(16-10-8-7-9-11-16)17(15(4)5)13-18-12-14(2)3/h14-18H,6-13H2,1-5H3. The molecule has 0 amide bonds. The van der Waals surface area contributed by atoms with Crippen LogP contribution in [0, 0.1) is 11.8 Å². The maximum absolute atomic E-state index is 3.68. The molecule has 0 spiro atoms. The Kier molecular flexibility index (Phi) is 8.01. The van der Waals surface area contributed by atoms with Gasteiger partial charge in [-0.25, -0.2) is 0 Å². The maximum Gasteiger partial charge on any atom is 0.0246 e. The second kappa shape index (κ2) is 8.97. The first-order valence-corrected chi connectivity index (χ1v) is 8.52. The summed E-state index contributed by atoms with van der Waals surface area (Å²) >= 11 is 0. The van der Waals surface area contributed by atoms with Crippen LogP contribution in [-0.4, -0.2) is 36.6 Å². The van der Waals surface area contributed by atoms with Gasteiger partial charge in [-0.1, -0.05) is 53.9 Å². The van der Waals surface area contributed by atoms with Gasteiger partial charge < -0.3 is 5.32 Å². The van der Waals surface area contributed by atoms with Crippen molar-refractivity contribution in [1.82, 2.24) is 10.2 Å². The zero-order chi connectivity index (χ0) is 14.3. The molecular weight excluding hydrogens is 232 g/mol. The normalized spacial score (nSPS) is 19.6. The fourth-order valence-corrected chi connectivity index (χ4v) is 3.43. The van der Waals surface area contributed by atoms with Gasteiger partial charge in [0.15, 0.2) is 0 Å². The summed E-state index contributed by atoms with van der Waals surface area (Å²) in [7, 11) is 0. The van der Waals surface area contributed by atoms with Gasteiger partial charge in [0.2, 0.25) is 0 Å². The Morgan fingerprint density at radius 2 is 1.63 bits per heavy atom. The lowest BCUT2D eigenvalue weighted by Crippen LogP contribution is -2.51. The van der Waals surface area contributed by atoms with E-state index in [-0.39, 0.29) is 0 Å². The van der Waals surface area contributed by atoms with Crippen LogP contribution in [0.5, 0.6) is 0 Å². The Balaban J connectivity index is 2.54. The van der Waals surface area contributed by atoms with Gasteiger partial charge in [0, 0.05) is 18.6 Å². The van der Waals surface area contributed by atoms with Crippen molar-refractivity contribution >= 4 is 0 Å². The number of rotatable bonds is 8. The molecule has 0 aromatic rings. The molecule has 114 valence electrons. The smallest absolute Gasteiger partial charge is 0.0246 e. The van der Waals surface area contributed by atoms with Crippen LogP contribution in [0.25, 0.3) is 0 Å². The van der Waals surface area contributed by atoms with Crippen LogP contribution in [0.15, 0.2) is 0 Å². The van der Waals surface area contributed by atoms with Gasteiger partial charge in [-0.05, 0) is 37.8 Å². The summed E-state index contributed by atoms with van der Waals surface area (Å²) in [5, 5.41) is 3.68. The quantitative estimate of drug-likeness (QED) is 0.718. The van der Waals surface area contributed by atoms with Gasteiger partial charge >= 0.3 is 0 Å². The number of nitrogens with one attached hydrogen (secondary N) is 1. The van der Waals surface area contributed by atoms with E-state index >= 15 is 0 Å². The average molecular weight is 268 g/mol. The molecule has 0 aromatic heterocycles. The molecule has 1 aliphatic rings. The van der Waals surface area contributed by atoms with E-state index in [4.69, 9.17) is 0 Å². The Bertz CT molecular complexity index is 219. The summed E-state index contributed by atoms with van der Waals surface area (Å²) in [6, 6.07) is 1.54. The summed E-state index contributed by atoms with van der Waals surface area (Å²) in [5.74, 6) is 1.49. The molecule has 19 heavy (non-hydrogen) atoms. The molecule has 1 saturated carbocycles. The predicted octanol–water partition coefficient (Wildman–Crippen LogP) is 3.91. The van der Waals surface area contributed by atoms with E-state index in [1.54, 1.807) is 0 Å². The monoisotopic (exact) mass is 268 g/mol. The van der Waals surface area contributed by atoms with Crippen molar-refractivity contribution in [1.29, 1.82) is 0 Å². The Hall–Kier alpha value is -0.0800. The van der Waals surface area contributed by atoms with E-state index in [0.29, 0.717) is 6.04 Å². The zero-order valence-electron chi connectivity index (χ0n) is 13.9. The van der Waals surface area contributed by atoms with Crippen LogP contribution in [0.4, 0.5) is 0 Å². The van der Waals surface area contributed by atoms with Crippen LogP contribution in [-0.2, 0) is 0 Å². The summed E-state index contributed by atoms with van der Waals surface area (Å²) in [4.78, 5) is 2.79. The summed E-state index contributed by atoms with van der Waals surface area (Å²) in [6.07, 6.45) is 7.16. The van der Waals surface area contributed by atoms with Crippen LogP contribution < -0.4 is 5.32 Å². The van der Waals surface area contributed by atoms with Crippen molar-refractivity contribution in [2.75, 3.05) is 19.6 Å². The third kappa shape index (κ3) is 5.83. The molecule has 2 nitrogen and oxygen atoms in total. The first-order valence-electron chi connectivity index (χ1n) is 8.52. The van der Waals surface area contributed by atoms with E-state index < -0.39 is 0 Å². The Morgan fingerprint density at radius 1 is 1.00 bits per heavy atom. The Morgan fingerprint density at radius 3 is 2.11 bits per heavy atom. The molecule has 1 aliphatic carbocycles. The highest BCUT2D eigenvalue weighted by Crippen LogP contribution is 2.25. The minimum Gasteiger partial charge on any atom is -0.315 e. The third-order valence-corrected chi connectivity index (χ3v) is 4.51. The lowest BCUT2D eigenvalue weighted by Gasteiger charge is -2.41. The molecule has 0 aromatic carbocycles. The zero-order valence-corrected chi connectivity index (χ0v) is 13.9. The van der Waals surface area contributed by atoms with Crippen molar-refractivity contribution in [2.45, 2.75) is 78.8 Å². The number of nitrogens with zero attached hydrogens (tertiary/aromatic N) is 1. The molecule has 1 fully saturated rings. The van der Waals surface area contributed by atoms with Crippen molar-refractivity contribution in [2.24, 2.45) is 11.8 Å². The van der Waals surface area contributed by atoms with Gasteiger partial charge in [-0.15, -0.1) is 0 Å². The van der Waals surface area contributed by atoms with Crippen LogP contribution in [0.3, 0.4) is 0 Å². The molecular formula is C17H36N2. The SMILES string of the molecule is CCN(C1CCCCC1)C(CNCC(C)C)C(C)C. The highest BCUT2D eigenvalue weighted by Gasteiger charge is 2.28. The molecule has 0 bridgehead atoms. The highest BCUT2D eigenvalue weighted by molar-refractivity contribution is 4.84. The van der Waals surface area contributed by atoms with Crippen molar-refractivity contribution in [3.8, 4) is 0 Å². The van der Waals surface area contributed by atoms with Gasteiger partial charge in [0.25, 0.3) is 0 Å². The lowest BCUT2D eigenvalue weighted by atomic mass is 9.91. The van der Waals surface area contributed by atoms with Gasteiger partial charge in [0.1, 0.15) is 0 Å². The van der Waals surface area contributed by atoms with Crippen molar-refractivity contribution in [3.05, 3.63) is 0 Å². The van der Waals surface area contributed by atoms with Gasteiger partial charge in [0.05, 0.1) is 0 Å². The first kappa shape index (κ1) is 17.0. The molecule has 0 radical (unpaired) electrons. The van der Waals surface area contributed by atoms with Crippen molar-refractivity contribution in [3.63, 3.8) is 0 Å². The van der Waals surface area contributed by atoms with E-state index in [9.17, 15) is 0 Å². The predicted molar refractivity (Wildman–Crippen MR) is 85.6 cm³/mol. The van der Waals surface area contributed by atoms with E-state index in [2.05, 4.69) is 44.8 Å². The maximum atomic E-state index is 3.68. The number of hydrogen-bond acceptors (Lipinski definition) is 2. The fraction of sp³-hybridized carbons (Fsp3) is 1.00. The second-order valence-electron chi connectivity index (χ2n) is 6.99. The fourth-order valence-electron chi connectivity index (χ4n) is 3.43. The highest BCUT2D eigenvalue weighted by atomic mass is 15.2. The largest absolute Gasteiger partial charge is 0.315 e. The molecule has 0 saturated heterocycles. The van der Waals surface area contributed by atoms with E-state index in [1.807, 2.05) is 0 Å². The van der Waals surface area contributed by atoms with Crippen molar-refractivity contribution < 1.29 is 0 Å². The topological polar surface area (TPSA) is 15.3 Å². The second-order valence-corrected chi connectivity index (χ2v) is 6.99. The van der Waals surface area contributed by atoms with Crippen LogP contribution in [0.2, 0.25) is 0 Å². The molecule has 0 heterocycles. The number of likely N-dealkylation sites (N-methyl/N-ethyl adjacent to an activating group) is 1. The molecule has 0 aliphatic heterocycles.